The second kappa shape index (κ2) is 25.2. The monoisotopic (exact) mass is 1200 g/mol. The summed E-state index contributed by atoms with van der Waals surface area (Å²) in [5, 5.41) is 60.6. The van der Waals surface area contributed by atoms with Crippen molar-refractivity contribution in [2.24, 2.45) is 51.8 Å². The van der Waals surface area contributed by atoms with Crippen LogP contribution in [-0.2, 0) is 50.7 Å². The Balaban J connectivity index is 0.781. The largest absolute Gasteiger partial charge is 0.481 e. The molecule has 2 aromatic rings. The standard InChI is InChI=1S/C48H78N7O20P3S/c1-25(29-10-11-30-36-31(20-34(58)48(29,30)6)47(5)14-12-28(56)18-27(47)19-32(36)57)8-7-9-26(2)45(63)79-17-16-50-35(59)13-15-51-43(62)40(61)46(3,4)22-72-78(69,70)75-77(67,68)71-21-33-39(74-76(64,65)66)38(60)44(73-33)55-24-54-37-41(49)52-23-53-42(37)55/h9,23-25,27-34,36,38-40,44,56-58,60-61H,7-8,10-22H2,1-6H3,(H,50,59)(H,51,62)(H,67,68)(H,69,70)(H2,49,52,53)(H2,64,65,66)/t25?,27-,28+,29+,30-,31-,32+,33+,34-,36-,38+,39+,40?,44+,47-,48+/m0/s1. The molecular weight excluding hydrogens is 1120 g/mol. The summed E-state index contributed by atoms with van der Waals surface area (Å²) in [7, 11) is -16.5. The molecule has 31 heteroatoms. The van der Waals surface area contributed by atoms with E-state index in [1.165, 1.54) is 13.8 Å². The first-order chi connectivity index (χ1) is 36.8. The summed E-state index contributed by atoms with van der Waals surface area (Å²) < 4.78 is 62.8. The van der Waals surface area contributed by atoms with Gasteiger partial charge in [-0.3, -0.25) is 32.5 Å². The Hall–Kier alpha value is -2.82. The molecule has 4 saturated carbocycles. The first kappa shape index (κ1) is 63.8. The fourth-order valence-corrected chi connectivity index (χ4v) is 16.9. The van der Waals surface area contributed by atoms with E-state index >= 15 is 0 Å². The van der Waals surface area contributed by atoms with E-state index in [9.17, 15) is 73.2 Å². The van der Waals surface area contributed by atoms with Crippen LogP contribution in [0, 0.1) is 51.8 Å². The molecule has 2 amide bonds. The Morgan fingerprint density at radius 3 is 2.39 bits per heavy atom. The average Bonchev–Trinajstić information content (AvgIpc) is 3.87. The Kier molecular flexibility index (Phi) is 20.3. The van der Waals surface area contributed by atoms with E-state index in [4.69, 9.17) is 19.5 Å². The van der Waals surface area contributed by atoms with Gasteiger partial charge in [0.2, 0.25) is 16.9 Å². The van der Waals surface area contributed by atoms with Gasteiger partial charge >= 0.3 is 23.5 Å². The number of hydrogen-bond donors (Lipinski definition) is 12. The molecule has 5 fully saturated rings. The molecule has 4 aliphatic carbocycles. The van der Waals surface area contributed by atoms with Gasteiger partial charge in [-0.25, -0.2) is 28.6 Å². The lowest BCUT2D eigenvalue weighted by molar-refractivity contribution is -0.207. The van der Waals surface area contributed by atoms with Crippen molar-refractivity contribution in [3.63, 3.8) is 0 Å². The van der Waals surface area contributed by atoms with Crippen molar-refractivity contribution >= 4 is 69.1 Å². The molecule has 0 spiro atoms. The van der Waals surface area contributed by atoms with Crippen LogP contribution in [0.4, 0.5) is 5.82 Å². The minimum atomic E-state index is -5.61. The van der Waals surface area contributed by atoms with Crippen LogP contribution < -0.4 is 16.4 Å². The lowest BCUT2D eigenvalue weighted by Crippen LogP contribution is -2.62. The second-order valence-electron chi connectivity index (χ2n) is 23.2. The number of rotatable bonds is 24. The first-order valence-electron chi connectivity index (χ1n) is 26.6. The number of ether oxygens (including phenoxy) is 1. The molecule has 4 unspecified atom stereocenters. The lowest BCUT2D eigenvalue weighted by Gasteiger charge is -2.63. The fourth-order valence-electron chi connectivity index (χ4n) is 13.4. The van der Waals surface area contributed by atoms with Gasteiger partial charge in [0.15, 0.2) is 17.7 Å². The zero-order valence-electron chi connectivity index (χ0n) is 45.1. The number of anilines is 1. The maximum atomic E-state index is 13.0. The highest BCUT2D eigenvalue weighted by Crippen LogP contribution is 2.68. The van der Waals surface area contributed by atoms with Crippen molar-refractivity contribution in [3.8, 4) is 0 Å². The number of nitrogen functional groups attached to an aromatic ring is 1. The van der Waals surface area contributed by atoms with Crippen LogP contribution in [0.3, 0.4) is 0 Å². The highest BCUT2D eigenvalue weighted by molar-refractivity contribution is 8.14. The van der Waals surface area contributed by atoms with Gasteiger partial charge in [-0.2, -0.15) is 4.31 Å². The number of aliphatic hydroxyl groups excluding tert-OH is 5. The average molecular weight is 1200 g/mol. The van der Waals surface area contributed by atoms with E-state index in [0.29, 0.717) is 24.8 Å². The Labute approximate surface area is 462 Å². The number of fused-ring (bicyclic) bond motifs is 6. The fraction of sp³-hybridized carbons (Fsp3) is 0.792. The molecule has 18 atom stereocenters. The lowest BCUT2D eigenvalue weighted by atomic mass is 9.43. The van der Waals surface area contributed by atoms with Crippen LogP contribution in [0.1, 0.15) is 112 Å². The smallest absolute Gasteiger partial charge is 0.393 e. The Morgan fingerprint density at radius 1 is 0.975 bits per heavy atom. The molecule has 27 nitrogen and oxygen atoms in total. The van der Waals surface area contributed by atoms with E-state index in [2.05, 4.69) is 55.2 Å². The molecule has 1 aliphatic heterocycles. The maximum Gasteiger partial charge on any atom is 0.481 e. The highest BCUT2D eigenvalue weighted by atomic mass is 32.2. The third kappa shape index (κ3) is 14.6. The summed E-state index contributed by atoms with van der Waals surface area (Å²) in [6.07, 6.45) is 0.951. The van der Waals surface area contributed by atoms with Gasteiger partial charge < -0.3 is 66.2 Å². The molecule has 1 saturated heterocycles. The molecule has 3 heterocycles. The summed E-state index contributed by atoms with van der Waals surface area (Å²) in [4.78, 5) is 89.8. The molecule has 0 radical (unpaired) electrons. The van der Waals surface area contributed by atoms with Gasteiger partial charge in [0.05, 0.1) is 37.9 Å². The number of hydrogen-bond acceptors (Lipinski definition) is 21. The van der Waals surface area contributed by atoms with E-state index in [1.807, 2.05) is 6.08 Å². The number of imidazole rings is 1. The molecule has 79 heavy (non-hydrogen) atoms. The molecule has 2 aromatic heterocycles. The molecule has 5 aliphatic rings. The van der Waals surface area contributed by atoms with Crippen molar-refractivity contribution in [1.29, 1.82) is 0 Å². The summed E-state index contributed by atoms with van der Waals surface area (Å²) >= 11 is 1.06. The first-order valence-corrected chi connectivity index (χ1v) is 32.1. The SMILES string of the molecule is CC(=CCCC(C)[C@H]1CC[C@H]2[C@@H]3[C@H](O)C[C@@H]4C[C@H](O)CC[C@]4(C)[C@H]3C[C@H](O)[C@]12C)C(=O)SCCNC(=O)CCNC(=O)C(O)C(C)(C)COP(=O)(O)OP(=O)(O)OC[C@H]1O[C@@H](n2cnc3c(N)ncnc32)[C@H](O)[C@@H]1OP(=O)(O)O. The van der Waals surface area contributed by atoms with Gasteiger partial charge in [0, 0.05) is 30.7 Å². The number of thioether (sulfide) groups is 1. The van der Waals surface area contributed by atoms with Crippen molar-refractivity contribution in [3.05, 3.63) is 24.3 Å². The number of allylic oxidation sites excluding steroid dienone is 1. The summed E-state index contributed by atoms with van der Waals surface area (Å²) in [6.45, 7) is 8.93. The van der Waals surface area contributed by atoms with Crippen LogP contribution in [0.2, 0.25) is 0 Å². The number of nitrogens with one attached hydrogen (secondary N) is 2. The number of aromatic nitrogens is 4. The summed E-state index contributed by atoms with van der Waals surface area (Å²) in [6, 6.07) is 0. The highest BCUT2D eigenvalue weighted by Gasteiger charge is 2.66. The minimum Gasteiger partial charge on any atom is -0.393 e. The van der Waals surface area contributed by atoms with Crippen LogP contribution in [0.15, 0.2) is 24.3 Å². The van der Waals surface area contributed by atoms with E-state index in [1.54, 1.807) is 6.92 Å². The number of phosphoric ester groups is 3. The van der Waals surface area contributed by atoms with Crippen LogP contribution >= 0.6 is 35.2 Å². The third-order valence-electron chi connectivity index (χ3n) is 17.7. The maximum absolute atomic E-state index is 13.0. The Bertz CT molecular complexity index is 2700. The normalized spacial score (nSPS) is 34.4. The topological polar surface area (TPSA) is 424 Å². The van der Waals surface area contributed by atoms with E-state index < -0.39 is 96.8 Å². The van der Waals surface area contributed by atoms with Crippen LogP contribution in [0.5, 0.6) is 0 Å². The number of aliphatic hydroxyl groups is 5. The third-order valence-corrected chi connectivity index (χ3v) is 21.7. The number of phosphoric acid groups is 3. The molecule has 13 N–H and O–H groups in total. The van der Waals surface area contributed by atoms with Crippen molar-refractivity contribution in [1.82, 2.24) is 30.2 Å². The predicted molar refractivity (Wildman–Crippen MR) is 283 cm³/mol. The number of carbonyl (C=O) groups excluding carboxylic acids is 3. The number of nitrogens with zero attached hydrogens (tertiary/aromatic N) is 4. The minimum absolute atomic E-state index is 0.00939. The number of amides is 2. The summed E-state index contributed by atoms with van der Waals surface area (Å²) in [5.41, 5.74) is 4.54. The molecule has 0 aromatic carbocycles. The molecule has 446 valence electrons. The van der Waals surface area contributed by atoms with Gasteiger partial charge in [-0.1, -0.05) is 52.5 Å². The van der Waals surface area contributed by atoms with Crippen LogP contribution in [0.25, 0.3) is 11.2 Å². The number of carbonyl (C=O) groups is 3. The molecular formula is C48H78N7O20P3S. The van der Waals surface area contributed by atoms with Gasteiger partial charge in [0.1, 0.15) is 36.3 Å². The zero-order chi connectivity index (χ0) is 58.2. The zero-order valence-corrected chi connectivity index (χ0v) is 48.6. The number of nitrogens with two attached hydrogens (primary N) is 1. The van der Waals surface area contributed by atoms with Gasteiger partial charge in [-0.05, 0) is 117 Å². The quantitative estimate of drug-likeness (QED) is 0.0408. The van der Waals surface area contributed by atoms with Crippen molar-refractivity contribution in [2.75, 3.05) is 37.8 Å². The molecule has 7 rings (SSSR count). The van der Waals surface area contributed by atoms with E-state index in [-0.39, 0.29) is 99.8 Å². The van der Waals surface area contributed by atoms with Gasteiger partial charge in [-0.15, -0.1) is 0 Å². The van der Waals surface area contributed by atoms with Crippen LogP contribution in [-0.4, -0.2) is 156 Å². The second-order valence-corrected chi connectivity index (χ2v) is 28.5. The predicted octanol–water partition coefficient (Wildman–Crippen LogP) is 2.99. The van der Waals surface area contributed by atoms with Crippen molar-refractivity contribution < 1.29 is 95.8 Å². The Morgan fingerprint density at radius 2 is 1.68 bits per heavy atom. The van der Waals surface area contributed by atoms with E-state index in [0.717, 1.165) is 67.5 Å². The van der Waals surface area contributed by atoms with Gasteiger partial charge in [0.25, 0.3) is 0 Å². The summed E-state index contributed by atoms with van der Waals surface area (Å²) in [5.74, 6) is 0.199. The van der Waals surface area contributed by atoms with Crippen molar-refractivity contribution in [2.45, 2.75) is 155 Å². The molecule has 0 bridgehead atoms.